The van der Waals surface area contributed by atoms with Crippen LogP contribution < -0.4 is 11.1 Å². The summed E-state index contributed by atoms with van der Waals surface area (Å²) in [6.07, 6.45) is 2.52. The van der Waals surface area contributed by atoms with Crippen molar-refractivity contribution in [2.24, 2.45) is 5.41 Å². The van der Waals surface area contributed by atoms with Crippen LogP contribution in [-0.2, 0) is 0 Å². The molecule has 0 atom stereocenters. The molecule has 1 aromatic heterocycles. The van der Waals surface area contributed by atoms with Crippen molar-refractivity contribution in [3.8, 4) is 0 Å². The van der Waals surface area contributed by atoms with Crippen molar-refractivity contribution in [3.05, 3.63) is 5.56 Å². The fourth-order valence-corrected chi connectivity index (χ4v) is 3.23. The molecule has 1 heterocycles. The van der Waals surface area contributed by atoms with E-state index in [9.17, 15) is 0 Å². The van der Waals surface area contributed by atoms with Gasteiger partial charge >= 0.3 is 0 Å². The minimum atomic E-state index is 0.239. The first-order chi connectivity index (χ1) is 8.39. The second kappa shape index (κ2) is 5.05. The van der Waals surface area contributed by atoms with E-state index in [1.807, 2.05) is 0 Å². The second-order valence-corrected chi connectivity index (χ2v) is 7.11. The van der Waals surface area contributed by atoms with Crippen LogP contribution in [0.1, 0.15) is 38.2 Å². The summed E-state index contributed by atoms with van der Waals surface area (Å²) in [5, 5.41) is 4.73. The summed E-state index contributed by atoms with van der Waals surface area (Å²) in [5.74, 6) is 1.39. The highest BCUT2D eigenvalue weighted by Gasteiger charge is 2.31. The first kappa shape index (κ1) is 13.6. The summed E-state index contributed by atoms with van der Waals surface area (Å²) >= 11 is 1.50. The van der Waals surface area contributed by atoms with Gasteiger partial charge in [-0.1, -0.05) is 13.8 Å². The quantitative estimate of drug-likeness (QED) is 0.832. The van der Waals surface area contributed by atoms with Gasteiger partial charge in [0.15, 0.2) is 0 Å². The monoisotopic (exact) mass is 268 g/mol. The third-order valence-electron chi connectivity index (χ3n) is 3.21. The van der Waals surface area contributed by atoms with Crippen molar-refractivity contribution in [3.63, 3.8) is 0 Å². The minimum absolute atomic E-state index is 0.239. The first-order valence-electron chi connectivity index (χ1n) is 6.53. The lowest BCUT2D eigenvalue weighted by molar-refractivity contribution is 0.254. The van der Waals surface area contributed by atoms with Gasteiger partial charge in [-0.25, -0.2) is 0 Å². The van der Waals surface area contributed by atoms with Gasteiger partial charge < -0.3 is 16.0 Å². The Hall–Kier alpha value is -0.810. The van der Waals surface area contributed by atoms with Gasteiger partial charge in [-0.2, -0.15) is 4.37 Å². The molecule has 0 aliphatic heterocycles. The van der Waals surface area contributed by atoms with E-state index in [-0.39, 0.29) is 5.41 Å². The number of rotatable bonds is 6. The van der Waals surface area contributed by atoms with Crippen LogP contribution in [0.5, 0.6) is 0 Å². The van der Waals surface area contributed by atoms with Gasteiger partial charge in [0, 0.05) is 18.7 Å². The summed E-state index contributed by atoms with van der Waals surface area (Å²) in [5.41, 5.74) is 7.46. The van der Waals surface area contributed by atoms with Crippen molar-refractivity contribution in [1.29, 1.82) is 0 Å². The van der Waals surface area contributed by atoms with Crippen LogP contribution in [0.3, 0.4) is 0 Å². The Balaban J connectivity index is 1.97. The first-order valence-corrected chi connectivity index (χ1v) is 7.30. The van der Waals surface area contributed by atoms with Gasteiger partial charge in [0.2, 0.25) is 0 Å². The zero-order valence-electron chi connectivity index (χ0n) is 11.8. The standard InChI is InChI=1S/C13H24N4S/c1-13(2,8-17(3)4)7-15-12-10(9-5-6-9)11(14)16-18-12/h9,15H,5-8H2,1-4H3,(H2,14,16). The summed E-state index contributed by atoms with van der Waals surface area (Å²) in [6, 6.07) is 0. The smallest absolute Gasteiger partial charge is 0.142 e. The van der Waals surface area contributed by atoms with Gasteiger partial charge in [0.1, 0.15) is 10.8 Å². The molecule has 1 aliphatic carbocycles. The number of nitrogens with zero attached hydrogens (tertiary/aromatic N) is 2. The highest BCUT2D eigenvalue weighted by atomic mass is 32.1. The molecule has 2 rings (SSSR count). The Morgan fingerprint density at radius 1 is 1.44 bits per heavy atom. The van der Waals surface area contributed by atoms with Crippen LogP contribution in [-0.4, -0.2) is 36.5 Å². The largest absolute Gasteiger partial charge is 0.383 e. The summed E-state index contributed by atoms with van der Waals surface area (Å²) in [7, 11) is 4.23. The molecule has 0 bridgehead atoms. The molecule has 1 aliphatic rings. The molecule has 0 spiro atoms. The van der Waals surface area contributed by atoms with Crippen molar-refractivity contribution in [2.45, 2.75) is 32.6 Å². The highest BCUT2D eigenvalue weighted by molar-refractivity contribution is 7.10. The molecule has 18 heavy (non-hydrogen) atoms. The molecule has 0 unspecified atom stereocenters. The van der Waals surface area contributed by atoms with Gasteiger partial charge in [-0.3, -0.25) is 0 Å². The lowest BCUT2D eigenvalue weighted by Crippen LogP contribution is -2.34. The van der Waals surface area contributed by atoms with Crippen molar-refractivity contribution >= 4 is 22.4 Å². The number of anilines is 2. The molecular weight excluding hydrogens is 244 g/mol. The lowest BCUT2D eigenvalue weighted by atomic mass is 9.93. The predicted octanol–water partition coefficient (Wildman–Crippen LogP) is 2.60. The van der Waals surface area contributed by atoms with Crippen LogP contribution in [0.25, 0.3) is 0 Å². The third kappa shape index (κ3) is 3.36. The predicted molar refractivity (Wildman–Crippen MR) is 79.3 cm³/mol. The Kier molecular flexibility index (Phi) is 3.82. The number of nitrogen functional groups attached to an aromatic ring is 1. The third-order valence-corrected chi connectivity index (χ3v) is 4.05. The van der Waals surface area contributed by atoms with E-state index in [1.54, 1.807) is 0 Å². The molecule has 0 amide bonds. The van der Waals surface area contributed by atoms with Crippen LogP contribution in [0, 0.1) is 5.41 Å². The average Bonchev–Trinajstić information content (AvgIpc) is 2.99. The van der Waals surface area contributed by atoms with Gasteiger partial charge in [-0.05, 0) is 49.8 Å². The van der Waals surface area contributed by atoms with E-state index in [1.165, 1.54) is 34.9 Å². The molecule has 0 aromatic carbocycles. The molecule has 3 N–H and O–H groups in total. The zero-order valence-corrected chi connectivity index (χ0v) is 12.6. The van der Waals surface area contributed by atoms with E-state index >= 15 is 0 Å². The molecule has 102 valence electrons. The Labute approximate surface area is 114 Å². The fraction of sp³-hybridized carbons (Fsp3) is 0.769. The number of hydrogen-bond donors (Lipinski definition) is 2. The van der Waals surface area contributed by atoms with Crippen molar-refractivity contribution in [1.82, 2.24) is 9.27 Å². The molecule has 1 fully saturated rings. The number of hydrogen-bond acceptors (Lipinski definition) is 5. The average molecular weight is 268 g/mol. The lowest BCUT2D eigenvalue weighted by Gasteiger charge is -2.28. The van der Waals surface area contributed by atoms with E-state index < -0.39 is 0 Å². The Morgan fingerprint density at radius 2 is 2.11 bits per heavy atom. The Morgan fingerprint density at radius 3 is 2.67 bits per heavy atom. The van der Waals surface area contributed by atoms with Gasteiger partial charge in [0.05, 0.1) is 0 Å². The van der Waals surface area contributed by atoms with E-state index in [0.29, 0.717) is 5.92 Å². The normalized spacial score (nSPS) is 16.3. The number of nitrogens with one attached hydrogen (secondary N) is 1. The topological polar surface area (TPSA) is 54.2 Å². The van der Waals surface area contributed by atoms with Crippen LogP contribution in [0.2, 0.25) is 0 Å². The summed E-state index contributed by atoms with van der Waals surface area (Å²) in [6.45, 7) is 6.57. The zero-order chi connectivity index (χ0) is 13.3. The van der Waals surface area contributed by atoms with Crippen molar-refractivity contribution < 1.29 is 0 Å². The van der Waals surface area contributed by atoms with E-state index in [2.05, 4.69) is 42.5 Å². The number of aromatic nitrogens is 1. The SMILES string of the molecule is CN(C)CC(C)(C)CNc1snc(N)c1C1CC1. The summed E-state index contributed by atoms with van der Waals surface area (Å²) < 4.78 is 4.29. The van der Waals surface area contributed by atoms with Gasteiger partial charge in [0.25, 0.3) is 0 Å². The number of nitrogens with two attached hydrogens (primary N) is 1. The molecular formula is C13H24N4S. The second-order valence-electron chi connectivity index (χ2n) is 6.34. The molecule has 1 saturated carbocycles. The van der Waals surface area contributed by atoms with Crippen LogP contribution >= 0.6 is 11.5 Å². The molecule has 0 saturated heterocycles. The van der Waals surface area contributed by atoms with Crippen LogP contribution in [0.4, 0.5) is 10.8 Å². The Bertz CT molecular complexity index is 407. The maximum absolute atomic E-state index is 5.95. The van der Waals surface area contributed by atoms with E-state index in [4.69, 9.17) is 5.73 Å². The molecule has 0 radical (unpaired) electrons. The highest BCUT2D eigenvalue weighted by Crippen LogP contribution is 2.47. The molecule has 5 heteroatoms. The maximum Gasteiger partial charge on any atom is 0.142 e. The van der Waals surface area contributed by atoms with Crippen LogP contribution in [0.15, 0.2) is 0 Å². The maximum atomic E-state index is 5.95. The molecule has 4 nitrogen and oxygen atoms in total. The molecule has 1 aromatic rings. The van der Waals surface area contributed by atoms with Gasteiger partial charge in [-0.15, -0.1) is 0 Å². The summed E-state index contributed by atoms with van der Waals surface area (Å²) in [4.78, 5) is 2.23. The van der Waals surface area contributed by atoms with Crippen molar-refractivity contribution in [2.75, 3.05) is 38.2 Å². The minimum Gasteiger partial charge on any atom is -0.383 e. The fourth-order valence-electron chi connectivity index (χ4n) is 2.44. The van der Waals surface area contributed by atoms with E-state index in [0.717, 1.165) is 18.9 Å².